The predicted molar refractivity (Wildman–Crippen MR) is 108 cm³/mol. The van der Waals surface area contributed by atoms with Crippen LogP contribution in [0.1, 0.15) is 51.9 Å². The first-order chi connectivity index (χ1) is 14.3. The summed E-state index contributed by atoms with van der Waals surface area (Å²) >= 11 is 0. The maximum absolute atomic E-state index is 13.1. The van der Waals surface area contributed by atoms with Crippen LogP contribution in [-0.4, -0.2) is 43.6 Å². The molecule has 0 unspecified atom stereocenters. The van der Waals surface area contributed by atoms with Crippen molar-refractivity contribution < 1.29 is 4.79 Å². The highest BCUT2D eigenvalue weighted by Gasteiger charge is 2.25. The third kappa shape index (κ3) is 3.78. The van der Waals surface area contributed by atoms with Gasteiger partial charge in [0.1, 0.15) is 5.82 Å². The lowest BCUT2D eigenvalue weighted by atomic mass is 10.0. The van der Waals surface area contributed by atoms with Crippen LogP contribution in [-0.2, 0) is 19.5 Å². The highest BCUT2D eigenvalue weighted by Crippen LogP contribution is 2.24. The minimum atomic E-state index is 0.0551. The van der Waals surface area contributed by atoms with Gasteiger partial charge in [-0.1, -0.05) is 12.1 Å². The summed E-state index contributed by atoms with van der Waals surface area (Å²) in [5, 5.41) is 7.69. The van der Waals surface area contributed by atoms with E-state index in [1.54, 1.807) is 6.20 Å². The van der Waals surface area contributed by atoms with Gasteiger partial charge in [-0.3, -0.25) is 9.48 Å². The summed E-state index contributed by atoms with van der Waals surface area (Å²) in [7, 11) is 0. The van der Waals surface area contributed by atoms with Crippen LogP contribution in [0.15, 0.2) is 48.9 Å². The van der Waals surface area contributed by atoms with Crippen molar-refractivity contribution in [2.75, 3.05) is 13.1 Å². The Morgan fingerprint density at radius 3 is 3.07 bits per heavy atom. The molecular weight excluding hydrogens is 364 g/mol. The number of aromatic nitrogens is 4. The molecule has 3 aromatic rings. The lowest BCUT2D eigenvalue weighted by Crippen LogP contribution is -2.36. The molecule has 1 amide bonds. The number of carbonyl (C=O) groups is 1. The van der Waals surface area contributed by atoms with Crippen LogP contribution in [0.2, 0.25) is 0 Å². The fourth-order valence-corrected chi connectivity index (χ4v) is 4.14. The van der Waals surface area contributed by atoms with E-state index in [1.165, 1.54) is 6.42 Å². The first-order valence-corrected chi connectivity index (χ1v) is 10.2. The molecule has 1 aromatic carbocycles. The number of fused-ring (bicyclic) bond motifs is 1. The van der Waals surface area contributed by atoms with Gasteiger partial charge in [-0.15, -0.1) is 0 Å². The average molecular weight is 388 g/mol. The summed E-state index contributed by atoms with van der Waals surface area (Å²) in [5.74, 6) is 0.951. The largest absolute Gasteiger partial charge is 0.334 e. The Hall–Kier alpha value is -3.06. The van der Waals surface area contributed by atoms with Crippen molar-refractivity contribution in [1.29, 1.82) is 0 Å². The van der Waals surface area contributed by atoms with Crippen molar-refractivity contribution in [1.82, 2.24) is 30.0 Å². The SMILES string of the molecule is O=C(c1cccc(Cn2cccn2)c1)N1CCc2nc([C@@H]3CCCN3)ncc2C1. The molecule has 0 aliphatic carbocycles. The molecule has 0 radical (unpaired) electrons. The lowest BCUT2D eigenvalue weighted by molar-refractivity contribution is 0.0733. The quantitative estimate of drug-likeness (QED) is 0.743. The number of benzene rings is 1. The first-order valence-electron chi connectivity index (χ1n) is 10.2. The first kappa shape index (κ1) is 18.0. The number of hydrogen-bond donors (Lipinski definition) is 1. The van der Waals surface area contributed by atoms with E-state index in [0.717, 1.165) is 42.0 Å². The van der Waals surface area contributed by atoms with E-state index >= 15 is 0 Å². The monoisotopic (exact) mass is 388 g/mol. The van der Waals surface area contributed by atoms with Crippen LogP contribution in [0.25, 0.3) is 0 Å². The third-order valence-corrected chi connectivity index (χ3v) is 5.69. The zero-order chi connectivity index (χ0) is 19.6. The van der Waals surface area contributed by atoms with Gasteiger partial charge in [0.2, 0.25) is 0 Å². The van der Waals surface area contributed by atoms with Gasteiger partial charge in [-0.25, -0.2) is 9.97 Å². The summed E-state index contributed by atoms with van der Waals surface area (Å²) in [5.41, 5.74) is 3.92. The van der Waals surface area contributed by atoms with Crippen molar-refractivity contribution in [2.24, 2.45) is 0 Å². The standard InChI is InChI=1S/C22H24N6O/c29-22(17-5-1-4-16(12-17)14-28-10-3-9-25-28)27-11-7-19-18(15-27)13-24-21(26-19)20-6-2-8-23-20/h1,3-5,9-10,12-13,20,23H,2,6-8,11,14-15H2/t20-/m0/s1. The van der Waals surface area contributed by atoms with Crippen LogP contribution >= 0.6 is 0 Å². The maximum Gasteiger partial charge on any atom is 0.254 e. The van der Waals surface area contributed by atoms with Crippen LogP contribution in [0.5, 0.6) is 0 Å². The predicted octanol–water partition coefficient (Wildman–Crippen LogP) is 2.34. The molecule has 1 fully saturated rings. The zero-order valence-corrected chi connectivity index (χ0v) is 16.3. The van der Waals surface area contributed by atoms with Gasteiger partial charge in [-0.2, -0.15) is 5.10 Å². The Kier molecular flexibility index (Phi) is 4.81. The molecule has 7 heteroatoms. The van der Waals surface area contributed by atoms with Crippen molar-refractivity contribution >= 4 is 5.91 Å². The van der Waals surface area contributed by atoms with Crippen LogP contribution < -0.4 is 5.32 Å². The number of carbonyl (C=O) groups excluding carboxylic acids is 1. The van der Waals surface area contributed by atoms with E-state index in [4.69, 9.17) is 4.98 Å². The second kappa shape index (κ2) is 7.75. The molecule has 29 heavy (non-hydrogen) atoms. The van der Waals surface area contributed by atoms with E-state index in [1.807, 2.05) is 52.3 Å². The van der Waals surface area contributed by atoms with Crippen molar-refractivity contribution in [3.8, 4) is 0 Å². The Balaban J connectivity index is 1.30. The Morgan fingerprint density at radius 1 is 1.28 bits per heavy atom. The number of nitrogens with zero attached hydrogens (tertiary/aromatic N) is 5. The number of hydrogen-bond acceptors (Lipinski definition) is 5. The fourth-order valence-electron chi connectivity index (χ4n) is 4.14. The Bertz CT molecular complexity index is 1010. The molecule has 4 heterocycles. The van der Waals surface area contributed by atoms with E-state index in [-0.39, 0.29) is 11.9 Å². The smallest absolute Gasteiger partial charge is 0.254 e. The minimum Gasteiger partial charge on any atom is -0.334 e. The molecule has 2 aliphatic rings. The normalized spacial score (nSPS) is 18.6. The van der Waals surface area contributed by atoms with E-state index < -0.39 is 0 Å². The van der Waals surface area contributed by atoms with Crippen molar-refractivity contribution in [2.45, 2.75) is 38.4 Å². The summed E-state index contributed by atoms with van der Waals surface area (Å²) in [6, 6.07) is 9.99. The lowest BCUT2D eigenvalue weighted by Gasteiger charge is -2.28. The highest BCUT2D eigenvalue weighted by molar-refractivity contribution is 5.94. The second-order valence-electron chi connectivity index (χ2n) is 7.73. The molecule has 2 aliphatic heterocycles. The Morgan fingerprint density at radius 2 is 2.24 bits per heavy atom. The van der Waals surface area contributed by atoms with Crippen molar-refractivity contribution in [3.63, 3.8) is 0 Å². The fraction of sp³-hybridized carbons (Fsp3) is 0.364. The molecule has 1 saturated heterocycles. The molecule has 1 atom stereocenters. The summed E-state index contributed by atoms with van der Waals surface area (Å²) < 4.78 is 1.86. The van der Waals surface area contributed by atoms with Crippen LogP contribution in [0, 0.1) is 0 Å². The molecule has 5 rings (SSSR count). The van der Waals surface area contributed by atoms with Gasteiger partial charge in [-0.05, 0) is 43.1 Å². The minimum absolute atomic E-state index is 0.0551. The highest BCUT2D eigenvalue weighted by atomic mass is 16.2. The van der Waals surface area contributed by atoms with Crippen LogP contribution in [0.3, 0.4) is 0 Å². The van der Waals surface area contributed by atoms with E-state index in [2.05, 4.69) is 15.4 Å². The van der Waals surface area contributed by atoms with Gasteiger partial charge in [0, 0.05) is 49.2 Å². The maximum atomic E-state index is 13.1. The third-order valence-electron chi connectivity index (χ3n) is 5.69. The zero-order valence-electron chi connectivity index (χ0n) is 16.3. The second-order valence-corrected chi connectivity index (χ2v) is 7.73. The molecular formula is C22H24N6O. The van der Waals surface area contributed by atoms with Gasteiger partial charge in [0.05, 0.1) is 18.3 Å². The molecule has 1 N–H and O–H groups in total. The molecule has 0 spiro atoms. The summed E-state index contributed by atoms with van der Waals surface area (Å²) in [6.07, 6.45) is 8.63. The molecule has 2 aromatic heterocycles. The number of amides is 1. The van der Waals surface area contributed by atoms with Gasteiger partial charge < -0.3 is 10.2 Å². The van der Waals surface area contributed by atoms with Crippen molar-refractivity contribution in [3.05, 3.63) is 77.1 Å². The number of rotatable bonds is 4. The van der Waals surface area contributed by atoms with E-state index in [9.17, 15) is 4.79 Å². The van der Waals surface area contributed by atoms with Gasteiger partial charge in [0.15, 0.2) is 0 Å². The van der Waals surface area contributed by atoms with Gasteiger partial charge in [0.25, 0.3) is 5.91 Å². The topological polar surface area (TPSA) is 75.9 Å². The van der Waals surface area contributed by atoms with Gasteiger partial charge >= 0.3 is 0 Å². The summed E-state index contributed by atoms with van der Waals surface area (Å²) in [4.78, 5) is 24.4. The average Bonchev–Trinajstić information content (AvgIpc) is 3.47. The summed E-state index contributed by atoms with van der Waals surface area (Å²) in [6.45, 7) is 2.94. The number of nitrogens with one attached hydrogen (secondary N) is 1. The van der Waals surface area contributed by atoms with E-state index in [0.29, 0.717) is 25.2 Å². The van der Waals surface area contributed by atoms with Crippen LogP contribution in [0.4, 0.5) is 0 Å². The Labute approximate surface area is 169 Å². The molecule has 148 valence electrons. The molecule has 0 saturated carbocycles. The molecule has 0 bridgehead atoms. The molecule has 7 nitrogen and oxygen atoms in total.